The summed E-state index contributed by atoms with van der Waals surface area (Å²) in [5.41, 5.74) is 4.81. The molecule has 0 unspecified atom stereocenters. The highest BCUT2D eigenvalue weighted by molar-refractivity contribution is 7.09. The lowest BCUT2D eigenvalue weighted by Crippen LogP contribution is -2.28. The Kier molecular flexibility index (Phi) is 4.24. The molecule has 0 atom stereocenters. The molecule has 0 N–H and O–H groups in total. The zero-order valence-electron chi connectivity index (χ0n) is 12.7. The Labute approximate surface area is 133 Å². The van der Waals surface area contributed by atoms with Crippen molar-refractivity contribution in [2.45, 2.75) is 33.4 Å². The summed E-state index contributed by atoms with van der Waals surface area (Å²) in [6.45, 7) is 5.71. The lowest BCUT2D eigenvalue weighted by atomic mass is 10.3. The fraction of sp³-hybridized carbons (Fsp3) is 0.400. The van der Waals surface area contributed by atoms with Gasteiger partial charge in [-0.15, -0.1) is 11.3 Å². The second-order valence-corrected chi connectivity index (χ2v) is 6.00. The number of carbonyl (C=O) groups is 1. The molecular weight excluding hydrogens is 300 g/mol. The molecule has 0 aromatic carbocycles. The van der Waals surface area contributed by atoms with Crippen LogP contribution in [0.1, 0.15) is 28.9 Å². The smallest absolute Gasteiger partial charge is 0.414 e. The molecule has 0 bridgehead atoms. The maximum Gasteiger partial charge on any atom is 0.414 e. The SMILES string of the molecule is CCn1nc(C)cc1CCOC(=O)N1C=Cc2ncsc2C1. The van der Waals surface area contributed by atoms with Crippen LogP contribution in [0.2, 0.25) is 0 Å². The first-order valence-electron chi connectivity index (χ1n) is 7.24. The molecule has 0 aliphatic carbocycles. The summed E-state index contributed by atoms with van der Waals surface area (Å²) in [6, 6.07) is 2.03. The third-order valence-electron chi connectivity index (χ3n) is 3.50. The normalized spacial score (nSPS) is 13.3. The van der Waals surface area contributed by atoms with Crippen LogP contribution in [0, 0.1) is 6.92 Å². The lowest BCUT2D eigenvalue weighted by molar-refractivity contribution is 0.116. The van der Waals surface area contributed by atoms with E-state index in [1.807, 2.05) is 30.7 Å². The maximum atomic E-state index is 12.1. The number of amides is 1. The predicted molar refractivity (Wildman–Crippen MR) is 84.4 cm³/mol. The van der Waals surface area contributed by atoms with Gasteiger partial charge in [-0.2, -0.15) is 5.10 Å². The molecule has 0 radical (unpaired) electrons. The van der Waals surface area contributed by atoms with Crippen molar-refractivity contribution in [2.75, 3.05) is 6.61 Å². The second kappa shape index (κ2) is 6.31. The van der Waals surface area contributed by atoms with Crippen molar-refractivity contribution in [1.29, 1.82) is 0 Å². The van der Waals surface area contributed by atoms with Crippen molar-refractivity contribution < 1.29 is 9.53 Å². The fourth-order valence-electron chi connectivity index (χ4n) is 2.43. The van der Waals surface area contributed by atoms with Gasteiger partial charge in [-0.1, -0.05) is 0 Å². The van der Waals surface area contributed by atoms with Crippen LogP contribution in [0.5, 0.6) is 0 Å². The number of ether oxygens (including phenoxy) is 1. The third kappa shape index (κ3) is 3.04. The van der Waals surface area contributed by atoms with E-state index in [1.165, 1.54) is 0 Å². The average Bonchev–Trinajstić information content (AvgIpc) is 3.12. The first-order valence-corrected chi connectivity index (χ1v) is 8.12. The van der Waals surface area contributed by atoms with E-state index in [1.54, 1.807) is 27.9 Å². The number of nitrogens with zero attached hydrogens (tertiary/aromatic N) is 4. The van der Waals surface area contributed by atoms with Crippen LogP contribution in [0.3, 0.4) is 0 Å². The Hall–Kier alpha value is -2.15. The Morgan fingerprint density at radius 2 is 2.36 bits per heavy atom. The lowest BCUT2D eigenvalue weighted by Gasteiger charge is -2.20. The van der Waals surface area contributed by atoms with Crippen LogP contribution in [-0.4, -0.2) is 32.4 Å². The molecule has 22 heavy (non-hydrogen) atoms. The van der Waals surface area contributed by atoms with E-state index in [0.717, 1.165) is 28.5 Å². The van der Waals surface area contributed by atoms with Crippen LogP contribution in [-0.2, 0) is 24.2 Å². The molecule has 2 aromatic rings. The van der Waals surface area contributed by atoms with E-state index in [-0.39, 0.29) is 6.09 Å². The minimum Gasteiger partial charge on any atom is -0.449 e. The Bertz CT molecular complexity index is 704. The molecule has 0 saturated heterocycles. The highest BCUT2D eigenvalue weighted by Crippen LogP contribution is 2.22. The van der Waals surface area contributed by atoms with Crippen LogP contribution < -0.4 is 0 Å². The number of fused-ring (bicyclic) bond motifs is 1. The number of carbonyl (C=O) groups excluding carboxylic acids is 1. The van der Waals surface area contributed by atoms with Crippen molar-refractivity contribution >= 4 is 23.5 Å². The quantitative estimate of drug-likeness (QED) is 0.870. The maximum absolute atomic E-state index is 12.1. The van der Waals surface area contributed by atoms with Gasteiger partial charge >= 0.3 is 6.09 Å². The topological polar surface area (TPSA) is 60.3 Å². The molecule has 3 rings (SSSR count). The molecule has 2 aromatic heterocycles. The molecule has 116 valence electrons. The summed E-state index contributed by atoms with van der Waals surface area (Å²) in [5.74, 6) is 0. The largest absolute Gasteiger partial charge is 0.449 e. The van der Waals surface area contributed by atoms with Gasteiger partial charge in [0.2, 0.25) is 0 Å². The average molecular weight is 318 g/mol. The Morgan fingerprint density at radius 3 is 3.18 bits per heavy atom. The molecule has 3 heterocycles. The van der Waals surface area contributed by atoms with Gasteiger partial charge in [0.1, 0.15) is 0 Å². The summed E-state index contributed by atoms with van der Waals surface area (Å²) >= 11 is 1.55. The van der Waals surface area contributed by atoms with Gasteiger partial charge in [-0.25, -0.2) is 9.78 Å². The highest BCUT2D eigenvalue weighted by atomic mass is 32.1. The molecule has 0 fully saturated rings. The number of hydrogen-bond acceptors (Lipinski definition) is 5. The van der Waals surface area contributed by atoms with Gasteiger partial charge < -0.3 is 4.74 Å². The highest BCUT2D eigenvalue weighted by Gasteiger charge is 2.19. The number of aromatic nitrogens is 3. The Balaban J connectivity index is 1.53. The van der Waals surface area contributed by atoms with Gasteiger partial charge in [0.05, 0.1) is 34.9 Å². The van der Waals surface area contributed by atoms with E-state index in [2.05, 4.69) is 10.1 Å². The predicted octanol–water partition coefficient (Wildman–Crippen LogP) is 2.83. The Morgan fingerprint density at radius 1 is 1.50 bits per heavy atom. The van der Waals surface area contributed by atoms with E-state index in [4.69, 9.17) is 4.74 Å². The summed E-state index contributed by atoms with van der Waals surface area (Å²) in [4.78, 5) is 19.0. The number of rotatable bonds is 4. The molecule has 6 nitrogen and oxygen atoms in total. The van der Waals surface area contributed by atoms with Crippen LogP contribution in [0.4, 0.5) is 4.79 Å². The van der Waals surface area contributed by atoms with E-state index in [0.29, 0.717) is 19.6 Å². The standard InChI is InChI=1S/C15H18N4O2S/c1-3-19-12(8-11(2)17-19)5-7-21-15(20)18-6-4-13-14(9-18)22-10-16-13/h4,6,8,10H,3,5,7,9H2,1-2H3. The van der Waals surface area contributed by atoms with Gasteiger partial charge in [-0.05, 0) is 26.0 Å². The molecule has 0 saturated carbocycles. The van der Waals surface area contributed by atoms with Crippen LogP contribution >= 0.6 is 11.3 Å². The zero-order valence-corrected chi connectivity index (χ0v) is 13.5. The van der Waals surface area contributed by atoms with Gasteiger partial charge in [-0.3, -0.25) is 9.58 Å². The second-order valence-electron chi connectivity index (χ2n) is 5.06. The van der Waals surface area contributed by atoms with E-state index >= 15 is 0 Å². The van der Waals surface area contributed by atoms with Crippen molar-refractivity contribution in [2.24, 2.45) is 0 Å². The number of hydrogen-bond donors (Lipinski definition) is 0. The monoisotopic (exact) mass is 318 g/mol. The number of thiazole rings is 1. The zero-order chi connectivity index (χ0) is 15.5. The fourth-order valence-corrected chi connectivity index (χ4v) is 3.18. The molecule has 7 heteroatoms. The first-order chi connectivity index (χ1) is 10.7. The summed E-state index contributed by atoms with van der Waals surface area (Å²) in [7, 11) is 0. The van der Waals surface area contributed by atoms with Crippen molar-refractivity contribution in [3.8, 4) is 0 Å². The molecule has 1 aliphatic rings. The van der Waals surface area contributed by atoms with Gasteiger partial charge in [0, 0.05) is 24.9 Å². The minimum atomic E-state index is -0.324. The first kappa shape index (κ1) is 14.8. The van der Waals surface area contributed by atoms with E-state index < -0.39 is 0 Å². The van der Waals surface area contributed by atoms with Gasteiger partial charge in [0.25, 0.3) is 0 Å². The third-order valence-corrected chi connectivity index (χ3v) is 4.34. The van der Waals surface area contributed by atoms with Crippen molar-refractivity contribution in [1.82, 2.24) is 19.7 Å². The molecular formula is C15H18N4O2S. The van der Waals surface area contributed by atoms with Crippen molar-refractivity contribution in [3.63, 3.8) is 0 Å². The van der Waals surface area contributed by atoms with Crippen LogP contribution in [0.15, 0.2) is 17.8 Å². The van der Waals surface area contributed by atoms with Gasteiger partial charge in [0.15, 0.2) is 0 Å². The number of aryl methyl sites for hydroxylation is 2. The van der Waals surface area contributed by atoms with E-state index in [9.17, 15) is 4.79 Å². The molecule has 1 aliphatic heterocycles. The summed E-state index contributed by atoms with van der Waals surface area (Å²) in [5, 5.41) is 4.38. The minimum absolute atomic E-state index is 0.324. The summed E-state index contributed by atoms with van der Waals surface area (Å²) in [6.07, 6.45) is 3.91. The van der Waals surface area contributed by atoms with Crippen LogP contribution in [0.25, 0.3) is 6.08 Å². The summed E-state index contributed by atoms with van der Waals surface area (Å²) < 4.78 is 7.30. The molecule has 1 amide bonds. The van der Waals surface area contributed by atoms with Crippen molar-refractivity contribution in [3.05, 3.63) is 39.7 Å². The molecule has 0 spiro atoms.